The summed E-state index contributed by atoms with van der Waals surface area (Å²) >= 11 is 0. The molecule has 8 aromatic rings. The van der Waals surface area contributed by atoms with Crippen molar-refractivity contribution in [1.29, 1.82) is 0 Å². The Morgan fingerprint density at radius 2 is 0.812 bits per heavy atom. The van der Waals surface area contributed by atoms with Crippen LogP contribution in [0.25, 0.3) is 83.2 Å². The van der Waals surface area contributed by atoms with Gasteiger partial charge < -0.3 is 0 Å². The molecule has 0 fully saturated rings. The lowest BCUT2D eigenvalue weighted by Gasteiger charge is -2.15. The molecular formula is C44H28N4. The van der Waals surface area contributed by atoms with E-state index in [0.29, 0.717) is 23.2 Å². The molecule has 48 heavy (non-hydrogen) atoms. The minimum absolute atomic E-state index is 0.627. The Labute approximate surface area is 279 Å². The standard InChI is InChI=1S/C44H28N4/c1-45-40-19-11-10-17-37(40)31-20-22-32(23-21-31)39-29-28-30-12-8-9-18-38(30)41(39)33-24-26-36(27-25-33)44-47-42(34-13-4-2-5-14-34)46-43(48-44)35-15-6-3-7-16-35/h2-29H. The Hall–Kier alpha value is -6.70. The number of hydrogen-bond donors (Lipinski definition) is 0. The summed E-state index contributed by atoms with van der Waals surface area (Å²) in [5.74, 6) is 1.91. The molecule has 0 unspecified atom stereocenters. The first-order chi connectivity index (χ1) is 23.7. The van der Waals surface area contributed by atoms with Crippen molar-refractivity contribution in [2.45, 2.75) is 0 Å². The molecule has 0 aliphatic rings. The summed E-state index contributed by atoms with van der Waals surface area (Å²) < 4.78 is 0. The lowest BCUT2D eigenvalue weighted by atomic mass is 9.89. The van der Waals surface area contributed by atoms with Crippen molar-refractivity contribution >= 4 is 16.5 Å². The largest absolute Gasteiger partial charge is 0.238 e. The molecule has 0 atom stereocenters. The summed E-state index contributed by atoms with van der Waals surface area (Å²) in [4.78, 5) is 18.4. The zero-order valence-electron chi connectivity index (χ0n) is 26.0. The number of para-hydroxylation sites is 1. The molecule has 0 saturated carbocycles. The van der Waals surface area contributed by atoms with E-state index in [1.807, 2.05) is 84.9 Å². The Bertz CT molecular complexity index is 2370. The van der Waals surface area contributed by atoms with Gasteiger partial charge in [0.05, 0.1) is 6.57 Å². The Morgan fingerprint density at radius 1 is 0.354 bits per heavy atom. The monoisotopic (exact) mass is 612 g/mol. The quantitative estimate of drug-likeness (QED) is 0.175. The smallest absolute Gasteiger partial charge is 0.194 e. The highest BCUT2D eigenvalue weighted by Crippen LogP contribution is 2.40. The zero-order valence-corrected chi connectivity index (χ0v) is 26.0. The van der Waals surface area contributed by atoms with E-state index in [2.05, 4.69) is 89.8 Å². The molecule has 0 spiro atoms. The van der Waals surface area contributed by atoms with Crippen LogP contribution < -0.4 is 0 Å². The fraction of sp³-hybridized carbons (Fsp3) is 0. The average Bonchev–Trinajstić information content (AvgIpc) is 3.18. The first-order valence-electron chi connectivity index (χ1n) is 15.8. The number of nitrogens with zero attached hydrogens (tertiary/aromatic N) is 4. The van der Waals surface area contributed by atoms with Crippen LogP contribution >= 0.6 is 0 Å². The number of hydrogen-bond acceptors (Lipinski definition) is 3. The molecule has 0 amide bonds. The van der Waals surface area contributed by atoms with Crippen LogP contribution in [0.4, 0.5) is 5.69 Å². The second kappa shape index (κ2) is 12.6. The third kappa shape index (κ3) is 5.51. The van der Waals surface area contributed by atoms with Crippen LogP contribution in [0.3, 0.4) is 0 Å². The number of benzene rings is 7. The van der Waals surface area contributed by atoms with Gasteiger partial charge in [0.2, 0.25) is 0 Å². The van der Waals surface area contributed by atoms with E-state index in [1.165, 1.54) is 16.3 Å². The molecule has 4 heteroatoms. The van der Waals surface area contributed by atoms with Crippen LogP contribution in [0.2, 0.25) is 0 Å². The summed E-state index contributed by atoms with van der Waals surface area (Å²) in [6.07, 6.45) is 0. The Balaban J connectivity index is 1.22. The molecule has 0 aliphatic carbocycles. The summed E-state index contributed by atoms with van der Waals surface area (Å²) in [7, 11) is 0. The fourth-order valence-corrected chi connectivity index (χ4v) is 6.19. The minimum Gasteiger partial charge on any atom is -0.238 e. The SMILES string of the molecule is [C-]#[N+]c1ccccc1-c1ccc(-c2ccc3ccccc3c2-c2ccc(-c3nc(-c4ccccc4)nc(-c4ccccc4)n3)cc2)cc1. The molecule has 4 nitrogen and oxygen atoms in total. The van der Waals surface area contributed by atoms with Crippen molar-refractivity contribution in [2.24, 2.45) is 0 Å². The molecule has 1 aromatic heterocycles. The molecule has 1 heterocycles. The summed E-state index contributed by atoms with van der Waals surface area (Å²) in [6.45, 7) is 7.59. The third-order valence-corrected chi connectivity index (χ3v) is 8.59. The van der Waals surface area contributed by atoms with Gasteiger partial charge in [-0.1, -0.05) is 170 Å². The van der Waals surface area contributed by atoms with Crippen molar-refractivity contribution in [3.8, 4) is 67.5 Å². The molecule has 0 bridgehead atoms. The first-order valence-corrected chi connectivity index (χ1v) is 15.8. The van der Waals surface area contributed by atoms with Crippen LogP contribution in [0.1, 0.15) is 0 Å². The van der Waals surface area contributed by atoms with Gasteiger partial charge in [-0.3, -0.25) is 0 Å². The van der Waals surface area contributed by atoms with Gasteiger partial charge >= 0.3 is 0 Å². The highest BCUT2D eigenvalue weighted by atomic mass is 15.0. The molecular weight excluding hydrogens is 585 g/mol. The van der Waals surface area contributed by atoms with Crippen LogP contribution in [-0.4, -0.2) is 15.0 Å². The van der Waals surface area contributed by atoms with E-state index < -0.39 is 0 Å². The summed E-state index contributed by atoms with van der Waals surface area (Å²) in [5.41, 5.74) is 9.95. The van der Waals surface area contributed by atoms with Crippen molar-refractivity contribution in [2.75, 3.05) is 0 Å². The van der Waals surface area contributed by atoms with E-state index in [9.17, 15) is 0 Å². The van der Waals surface area contributed by atoms with E-state index in [0.717, 1.165) is 44.5 Å². The van der Waals surface area contributed by atoms with Gasteiger partial charge in [0.15, 0.2) is 23.2 Å². The molecule has 7 aromatic carbocycles. The highest BCUT2D eigenvalue weighted by Gasteiger charge is 2.15. The topological polar surface area (TPSA) is 43.0 Å². The van der Waals surface area contributed by atoms with Crippen LogP contribution in [0, 0.1) is 6.57 Å². The minimum atomic E-state index is 0.627. The zero-order chi connectivity index (χ0) is 32.3. The van der Waals surface area contributed by atoms with Crippen LogP contribution in [0.5, 0.6) is 0 Å². The second-order valence-corrected chi connectivity index (χ2v) is 11.5. The van der Waals surface area contributed by atoms with Gasteiger partial charge in [-0.2, -0.15) is 0 Å². The lowest BCUT2D eigenvalue weighted by Crippen LogP contribution is -2.00. The van der Waals surface area contributed by atoms with Gasteiger partial charge in [0.25, 0.3) is 0 Å². The lowest BCUT2D eigenvalue weighted by molar-refractivity contribution is 1.07. The third-order valence-electron chi connectivity index (χ3n) is 8.59. The number of fused-ring (bicyclic) bond motifs is 1. The van der Waals surface area contributed by atoms with Crippen LogP contribution in [0.15, 0.2) is 170 Å². The predicted octanol–water partition coefficient (Wildman–Crippen LogP) is 11.6. The van der Waals surface area contributed by atoms with Crippen molar-refractivity contribution in [3.05, 3.63) is 181 Å². The highest BCUT2D eigenvalue weighted by molar-refractivity contribution is 6.04. The van der Waals surface area contributed by atoms with Gasteiger partial charge in [0.1, 0.15) is 0 Å². The average molecular weight is 613 g/mol. The molecule has 8 rings (SSSR count). The normalized spacial score (nSPS) is 10.9. The van der Waals surface area contributed by atoms with E-state index in [1.54, 1.807) is 0 Å². The van der Waals surface area contributed by atoms with E-state index >= 15 is 0 Å². The van der Waals surface area contributed by atoms with Gasteiger partial charge in [0, 0.05) is 16.7 Å². The number of aromatic nitrogens is 3. The van der Waals surface area contributed by atoms with Crippen LogP contribution in [-0.2, 0) is 0 Å². The number of rotatable bonds is 6. The predicted molar refractivity (Wildman–Crippen MR) is 196 cm³/mol. The summed E-state index contributed by atoms with van der Waals surface area (Å²) in [6, 6.07) is 57.8. The fourth-order valence-electron chi connectivity index (χ4n) is 6.19. The maximum absolute atomic E-state index is 7.59. The van der Waals surface area contributed by atoms with Gasteiger partial charge in [-0.15, -0.1) is 0 Å². The maximum atomic E-state index is 7.59. The summed E-state index contributed by atoms with van der Waals surface area (Å²) in [5, 5.41) is 2.36. The Kier molecular flexibility index (Phi) is 7.54. The van der Waals surface area contributed by atoms with Crippen molar-refractivity contribution < 1.29 is 0 Å². The molecule has 0 aliphatic heterocycles. The maximum Gasteiger partial charge on any atom is 0.194 e. The van der Waals surface area contributed by atoms with Crippen molar-refractivity contribution in [3.63, 3.8) is 0 Å². The first kappa shape index (κ1) is 28.8. The molecule has 0 radical (unpaired) electrons. The van der Waals surface area contributed by atoms with Gasteiger partial charge in [-0.25, -0.2) is 19.8 Å². The molecule has 0 N–H and O–H groups in total. The van der Waals surface area contributed by atoms with E-state index in [-0.39, 0.29) is 0 Å². The van der Waals surface area contributed by atoms with Crippen molar-refractivity contribution in [1.82, 2.24) is 15.0 Å². The van der Waals surface area contributed by atoms with Gasteiger partial charge in [-0.05, 0) is 44.2 Å². The second-order valence-electron chi connectivity index (χ2n) is 11.5. The molecule has 0 saturated heterocycles. The Morgan fingerprint density at radius 3 is 1.42 bits per heavy atom. The molecule has 224 valence electrons. The van der Waals surface area contributed by atoms with E-state index in [4.69, 9.17) is 21.5 Å².